The smallest absolute Gasteiger partial charge is 0.277 e. The maximum Gasteiger partial charge on any atom is 0.335 e. The van der Waals surface area contributed by atoms with Crippen molar-refractivity contribution in [2.75, 3.05) is 4.90 Å². The lowest BCUT2D eigenvalue weighted by Crippen LogP contribution is -2.58. The lowest BCUT2D eigenvalue weighted by molar-refractivity contribution is -0.134. The van der Waals surface area contributed by atoms with Crippen LogP contribution < -0.4 is 10.2 Å². The summed E-state index contributed by atoms with van der Waals surface area (Å²) in [5.74, 6) is -1.69. The van der Waals surface area contributed by atoms with Gasteiger partial charge in [-0.2, -0.15) is 0 Å². The summed E-state index contributed by atoms with van der Waals surface area (Å²) in [6.45, 7) is 1.99. The summed E-state index contributed by atoms with van der Waals surface area (Å²) in [5.41, 5.74) is 0.485. The van der Waals surface area contributed by atoms with Crippen LogP contribution in [-0.4, -0.2) is 17.8 Å². The lowest BCUT2D eigenvalue weighted by Gasteiger charge is -2.30. The Balaban J connectivity index is 2.26. The predicted molar refractivity (Wildman–Crippen MR) is 70.5 cm³/mol. The molecule has 1 saturated heterocycles. The minimum Gasteiger partial charge on any atom is -0.277 e. The number of amides is 4. The van der Waals surface area contributed by atoms with Crippen LogP contribution >= 0.6 is 0 Å². The highest BCUT2D eigenvalue weighted by atomic mass is 16.2. The van der Waals surface area contributed by atoms with Crippen molar-refractivity contribution in [1.82, 2.24) is 5.32 Å². The molecule has 0 spiro atoms. The monoisotopic (exact) mass is 260 g/mol. The van der Waals surface area contributed by atoms with Gasteiger partial charge in [0.1, 0.15) is 5.92 Å². The van der Waals surface area contributed by atoms with E-state index in [0.29, 0.717) is 12.1 Å². The van der Waals surface area contributed by atoms with E-state index in [0.717, 1.165) is 17.7 Å². The molecule has 1 fully saturated rings. The molecular formula is C14H16N2O3. The molecule has 0 saturated carbocycles. The van der Waals surface area contributed by atoms with E-state index in [2.05, 4.69) is 5.32 Å². The van der Waals surface area contributed by atoms with Gasteiger partial charge in [-0.3, -0.25) is 14.9 Å². The molecule has 5 heteroatoms. The van der Waals surface area contributed by atoms with Crippen molar-refractivity contribution >= 4 is 23.5 Å². The number of carbonyl (C=O) groups is 3. The number of hydrogen-bond donors (Lipinski definition) is 1. The average molecular weight is 260 g/mol. The van der Waals surface area contributed by atoms with Crippen molar-refractivity contribution < 1.29 is 14.4 Å². The number of hydrogen-bond acceptors (Lipinski definition) is 3. The highest BCUT2D eigenvalue weighted by Crippen LogP contribution is 2.22. The second-order valence-corrected chi connectivity index (χ2v) is 4.50. The van der Waals surface area contributed by atoms with Gasteiger partial charge < -0.3 is 0 Å². The Morgan fingerprint density at radius 3 is 2.47 bits per heavy atom. The molecule has 1 N–H and O–H groups in total. The number of benzene rings is 1. The fraction of sp³-hybridized carbons (Fsp3) is 0.357. The molecule has 2 rings (SSSR count). The normalized spacial score (nSPS) is 19.5. The molecular weight excluding hydrogens is 244 g/mol. The second-order valence-electron chi connectivity index (χ2n) is 4.50. The largest absolute Gasteiger partial charge is 0.335 e. The Kier molecular flexibility index (Phi) is 3.94. The standard InChI is InChI=1S/C14H16N2O3/c1-2-3-9-11-12(17)15-14(19)16(13(11)18)10-7-5-4-6-8-10/h4-8,11H,2-3,9H2,1H3,(H,15,17,19)/t11-/m1/s1. The molecule has 5 nitrogen and oxygen atoms in total. The molecule has 0 aromatic heterocycles. The molecule has 1 aliphatic heterocycles. The van der Waals surface area contributed by atoms with E-state index in [-0.39, 0.29) is 0 Å². The fourth-order valence-electron chi connectivity index (χ4n) is 2.10. The number of para-hydroxylation sites is 1. The first-order valence-electron chi connectivity index (χ1n) is 6.39. The number of nitrogens with zero attached hydrogens (tertiary/aromatic N) is 1. The van der Waals surface area contributed by atoms with Crippen LogP contribution in [0.25, 0.3) is 0 Å². The summed E-state index contributed by atoms with van der Waals surface area (Å²) in [6, 6.07) is 7.96. The molecule has 0 unspecified atom stereocenters. The van der Waals surface area contributed by atoms with E-state index in [1.54, 1.807) is 30.3 Å². The van der Waals surface area contributed by atoms with Crippen molar-refractivity contribution in [3.8, 4) is 0 Å². The molecule has 1 aliphatic rings. The summed E-state index contributed by atoms with van der Waals surface area (Å²) in [7, 11) is 0. The molecule has 1 heterocycles. The number of urea groups is 1. The van der Waals surface area contributed by atoms with E-state index in [9.17, 15) is 14.4 Å². The Morgan fingerprint density at radius 2 is 1.84 bits per heavy atom. The molecule has 1 atom stereocenters. The average Bonchev–Trinajstić information content (AvgIpc) is 2.39. The van der Waals surface area contributed by atoms with Crippen LogP contribution in [0, 0.1) is 5.92 Å². The second kappa shape index (κ2) is 5.65. The summed E-state index contributed by atoms with van der Waals surface area (Å²) < 4.78 is 0. The minimum absolute atomic E-state index is 0.437. The van der Waals surface area contributed by atoms with Gasteiger partial charge in [-0.15, -0.1) is 0 Å². The minimum atomic E-state index is -0.766. The van der Waals surface area contributed by atoms with Crippen molar-refractivity contribution in [3.05, 3.63) is 30.3 Å². The maximum atomic E-state index is 12.3. The zero-order valence-electron chi connectivity index (χ0n) is 10.8. The number of imide groups is 2. The van der Waals surface area contributed by atoms with Crippen LogP contribution in [0.2, 0.25) is 0 Å². The molecule has 19 heavy (non-hydrogen) atoms. The summed E-state index contributed by atoms with van der Waals surface area (Å²) in [6.07, 6.45) is 2.15. The molecule has 0 bridgehead atoms. The van der Waals surface area contributed by atoms with Gasteiger partial charge >= 0.3 is 6.03 Å². The van der Waals surface area contributed by atoms with Crippen molar-refractivity contribution in [3.63, 3.8) is 0 Å². The molecule has 100 valence electrons. The number of rotatable bonds is 4. The van der Waals surface area contributed by atoms with Gasteiger partial charge in [-0.1, -0.05) is 38.0 Å². The van der Waals surface area contributed by atoms with Gasteiger partial charge in [0.15, 0.2) is 0 Å². The van der Waals surface area contributed by atoms with E-state index < -0.39 is 23.8 Å². The number of unbranched alkanes of at least 4 members (excludes halogenated alkanes) is 1. The SMILES string of the molecule is CCCC[C@@H]1C(=O)NC(=O)N(c2ccccc2)C1=O. The van der Waals surface area contributed by atoms with Crippen LogP contribution in [0.15, 0.2) is 30.3 Å². The summed E-state index contributed by atoms with van der Waals surface area (Å²) in [4.78, 5) is 36.9. The van der Waals surface area contributed by atoms with Crippen LogP contribution in [0.3, 0.4) is 0 Å². The third kappa shape index (κ3) is 2.65. The number of anilines is 1. The first-order valence-corrected chi connectivity index (χ1v) is 6.39. The Morgan fingerprint density at radius 1 is 1.16 bits per heavy atom. The van der Waals surface area contributed by atoms with E-state index >= 15 is 0 Å². The number of nitrogens with one attached hydrogen (secondary N) is 1. The quantitative estimate of drug-likeness (QED) is 0.843. The van der Waals surface area contributed by atoms with Crippen molar-refractivity contribution in [2.24, 2.45) is 5.92 Å². The molecule has 1 aromatic rings. The van der Waals surface area contributed by atoms with Crippen LogP contribution in [-0.2, 0) is 9.59 Å². The van der Waals surface area contributed by atoms with Crippen molar-refractivity contribution in [2.45, 2.75) is 26.2 Å². The number of carbonyl (C=O) groups excluding carboxylic acids is 3. The molecule has 4 amide bonds. The third-order valence-corrected chi connectivity index (χ3v) is 3.13. The Labute approximate surface area is 111 Å². The zero-order chi connectivity index (χ0) is 13.8. The first kappa shape index (κ1) is 13.3. The predicted octanol–water partition coefficient (Wildman–Crippen LogP) is 2.08. The Bertz CT molecular complexity index is 499. The third-order valence-electron chi connectivity index (χ3n) is 3.13. The zero-order valence-corrected chi connectivity index (χ0v) is 10.8. The van der Waals surface area contributed by atoms with Gasteiger partial charge in [-0.05, 0) is 18.6 Å². The van der Waals surface area contributed by atoms with Gasteiger partial charge in [0.05, 0.1) is 5.69 Å². The summed E-state index contributed by atoms with van der Waals surface area (Å²) >= 11 is 0. The maximum absolute atomic E-state index is 12.3. The first-order chi connectivity index (χ1) is 9.15. The van der Waals surface area contributed by atoms with Crippen molar-refractivity contribution in [1.29, 1.82) is 0 Å². The highest BCUT2D eigenvalue weighted by Gasteiger charge is 2.40. The highest BCUT2D eigenvalue weighted by molar-refractivity contribution is 6.27. The van der Waals surface area contributed by atoms with E-state index in [1.807, 2.05) is 6.92 Å². The van der Waals surface area contributed by atoms with Crippen LogP contribution in [0.1, 0.15) is 26.2 Å². The number of barbiturate groups is 1. The van der Waals surface area contributed by atoms with Gasteiger partial charge in [0, 0.05) is 0 Å². The van der Waals surface area contributed by atoms with Crippen LogP contribution in [0.4, 0.5) is 10.5 Å². The van der Waals surface area contributed by atoms with E-state index in [1.165, 1.54) is 0 Å². The molecule has 0 aliphatic carbocycles. The lowest BCUT2D eigenvalue weighted by atomic mass is 9.97. The van der Waals surface area contributed by atoms with Crippen LogP contribution in [0.5, 0.6) is 0 Å². The Hall–Kier alpha value is -2.17. The topological polar surface area (TPSA) is 66.5 Å². The molecule has 1 aromatic carbocycles. The fourth-order valence-corrected chi connectivity index (χ4v) is 2.10. The van der Waals surface area contributed by atoms with Gasteiger partial charge in [0.2, 0.25) is 11.8 Å². The summed E-state index contributed by atoms with van der Waals surface area (Å²) in [5, 5.41) is 2.24. The molecule has 0 radical (unpaired) electrons. The van der Waals surface area contributed by atoms with E-state index in [4.69, 9.17) is 0 Å². The van der Waals surface area contributed by atoms with Gasteiger partial charge in [-0.25, -0.2) is 9.69 Å². The van der Waals surface area contributed by atoms with Gasteiger partial charge in [0.25, 0.3) is 0 Å².